The summed E-state index contributed by atoms with van der Waals surface area (Å²) in [5, 5.41) is 12.7. The summed E-state index contributed by atoms with van der Waals surface area (Å²) in [5.41, 5.74) is -0.0281. The first kappa shape index (κ1) is 13.1. The topological polar surface area (TPSA) is 84.3 Å². The maximum atomic E-state index is 11.6. The van der Waals surface area contributed by atoms with Gasteiger partial charge in [0.2, 0.25) is 0 Å². The molecule has 2 aromatic heterocycles. The van der Waals surface area contributed by atoms with E-state index >= 15 is 0 Å². The van der Waals surface area contributed by atoms with Gasteiger partial charge in [-0.15, -0.1) is 0 Å². The fraction of sp³-hybridized carbons (Fsp3) is 0.308. The highest BCUT2D eigenvalue weighted by molar-refractivity contribution is 5.90. The molecule has 0 aliphatic rings. The second-order valence-electron chi connectivity index (χ2n) is 5.04. The molecule has 0 saturated heterocycles. The van der Waals surface area contributed by atoms with Gasteiger partial charge >= 0.3 is 6.09 Å². The number of carbonyl (C=O) groups is 1. The monoisotopic (exact) mass is 261 g/mol. The van der Waals surface area contributed by atoms with Gasteiger partial charge in [0.05, 0.1) is 11.7 Å². The molecule has 2 N–H and O–H groups in total. The minimum Gasteiger partial charge on any atom is -0.507 e. The van der Waals surface area contributed by atoms with Crippen LogP contribution >= 0.6 is 0 Å². The van der Waals surface area contributed by atoms with Crippen LogP contribution in [0.15, 0.2) is 24.5 Å². The number of nitrogens with zero attached hydrogens (tertiary/aromatic N) is 2. The molecule has 1 amide bonds. The van der Waals surface area contributed by atoms with Crippen molar-refractivity contribution in [3.63, 3.8) is 0 Å². The number of aromatic nitrogens is 2. The quantitative estimate of drug-likeness (QED) is 0.824. The van der Waals surface area contributed by atoms with Gasteiger partial charge in [0.1, 0.15) is 17.2 Å². The van der Waals surface area contributed by atoms with E-state index < -0.39 is 11.7 Å². The van der Waals surface area contributed by atoms with Crippen LogP contribution in [0.5, 0.6) is 5.75 Å². The summed E-state index contributed by atoms with van der Waals surface area (Å²) in [7, 11) is 0. The van der Waals surface area contributed by atoms with Crippen LogP contribution in [0, 0.1) is 0 Å². The minimum atomic E-state index is -0.595. The lowest BCUT2D eigenvalue weighted by molar-refractivity contribution is 0.0635. The van der Waals surface area contributed by atoms with Crippen LogP contribution in [0.25, 0.3) is 10.9 Å². The van der Waals surface area contributed by atoms with Crippen LogP contribution < -0.4 is 5.32 Å². The molecule has 0 unspecified atom stereocenters. The van der Waals surface area contributed by atoms with E-state index in [-0.39, 0.29) is 5.75 Å². The van der Waals surface area contributed by atoms with Crippen molar-refractivity contribution in [2.45, 2.75) is 26.4 Å². The summed E-state index contributed by atoms with van der Waals surface area (Å²) in [6, 6.07) is 3.02. The Morgan fingerprint density at radius 3 is 2.79 bits per heavy atom. The fourth-order valence-electron chi connectivity index (χ4n) is 1.51. The predicted molar refractivity (Wildman–Crippen MR) is 71.1 cm³/mol. The molecule has 0 bridgehead atoms. The molecule has 6 heteroatoms. The molecule has 2 heterocycles. The Hall–Kier alpha value is -2.37. The molecule has 0 fully saturated rings. The van der Waals surface area contributed by atoms with E-state index in [1.54, 1.807) is 26.8 Å². The van der Waals surface area contributed by atoms with Gasteiger partial charge in [-0.1, -0.05) is 0 Å². The van der Waals surface area contributed by atoms with Crippen molar-refractivity contribution in [1.29, 1.82) is 0 Å². The molecule has 0 radical (unpaired) electrons. The molecule has 0 atom stereocenters. The Labute approximate surface area is 110 Å². The smallest absolute Gasteiger partial charge is 0.413 e. The summed E-state index contributed by atoms with van der Waals surface area (Å²) in [6.07, 6.45) is 2.37. The van der Waals surface area contributed by atoms with E-state index in [9.17, 15) is 9.90 Å². The van der Waals surface area contributed by atoms with Crippen molar-refractivity contribution in [2.75, 3.05) is 5.32 Å². The van der Waals surface area contributed by atoms with Crippen molar-refractivity contribution in [3.05, 3.63) is 24.5 Å². The first-order valence-electron chi connectivity index (χ1n) is 5.79. The lowest BCUT2D eigenvalue weighted by Gasteiger charge is -2.19. The van der Waals surface area contributed by atoms with E-state index in [0.29, 0.717) is 16.7 Å². The lowest BCUT2D eigenvalue weighted by Crippen LogP contribution is -2.27. The standard InChI is InChI=1S/C13H15N3O3/c1-13(2,3)19-12(18)16-11-6-8-9(7-15-11)14-5-4-10(8)17/h4-7H,1-3H3,(H,14,17)(H,15,16,18). The zero-order valence-electron chi connectivity index (χ0n) is 11.0. The highest BCUT2D eigenvalue weighted by Crippen LogP contribution is 2.23. The first-order chi connectivity index (χ1) is 8.85. The molecule has 0 saturated carbocycles. The zero-order chi connectivity index (χ0) is 14.0. The van der Waals surface area contributed by atoms with E-state index in [4.69, 9.17) is 4.74 Å². The fourth-order valence-corrected chi connectivity index (χ4v) is 1.51. The minimum absolute atomic E-state index is 0.0830. The molecular formula is C13H15N3O3. The predicted octanol–water partition coefficient (Wildman–Crippen LogP) is 2.68. The van der Waals surface area contributed by atoms with Gasteiger partial charge in [-0.25, -0.2) is 9.78 Å². The van der Waals surface area contributed by atoms with E-state index in [2.05, 4.69) is 15.3 Å². The second-order valence-corrected chi connectivity index (χ2v) is 5.04. The molecule has 2 rings (SSSR count). The SMILES string of the molecule is CC(C)(C)OC(=O)Nc1cc2c(O)ccnc2cn1. The maximum absolute atomic E-state index is 11.6. The summed E-state index contributed by atoms with van der Waals surface area (Å²) < 4.78 is 5.12. The van der Waals surface area contributed by atoms with Gasteiger partial charge in [0.25, 0.3) is 0 Å². The van der Waals surface area contributed by atoms with Gasteiger partial charge < -0.3 is 9.84 Å². The van der Waals surface area contributed by atoms with E-state index in [1.165, 1.54) is 18.5 Å². The van der Waals surface area contributed by atoms with Gasteiger partial charge in [-0.3, -0.25) is 10.3 Å². The molecule has 0 aliphatic carbocycles. The van der Waals surface area contributed by atoms with Crippen molar-refractivity contribution in [3.8, 4) is 5.75 Å². The Bertz CT molecular complexity index is 620. The molecular weight excluding hydrogens is 246 g/mol. The first-order valence-corrected chi connectivity index (χ1v) is 5.79. The number of aromatic hydroxyl groups is 1. The normalized spacial score (nSPS) is 11.3. The third-order valence-corrected chi connectivity index (χ3v) is 2.23. The van der Waals surface area contributed by atoms with Gasteiger partial charge in [-0.2, -0.15) is 0 Å². The van der Waals surface area contributed by atoms with E-state index in [0.717, 1.165) is 0 Å². The number of fused-ring (bicyclic) bond motifs is 1. The number of carbonyl (C=O) groups excluding carboxylic acids is 1. The average Bonchev–Trinajstić information content (AvgIpc) is 2.27. The highest BCUT2D eigenvalue weighted by atomic mass is 16.6. The number of amides is 1. The van der Waals surface area contributed by atoms with Gasteiger partial charge in [0.15, 0.2) is 0 Å². The van der Waals surface area contributed by atoms with Crippen LogP contribution in [0.2, 0.25) is 0 Å². The summed E-state index contributed by atoms with van der Waals surface area (Å²) >= 11 is 0. The van der Waals surface area contributed by atoms with Crippen LogP contribution in [-0.4, -0.2) is 26.8 Å². The molecule has 0 spiro atoms. The molecule has 2 aromatic rings. The van der Waals surface area contributed by atoms with Crippen molar-refractivity contribution in [1.82, 2.24) is 9.97 Å². The van der Waals surface area contributed by atoms with Crippen molar-refractivity contribution in [2.24, 2.45) is 0 Å². The largest absolute Gasteiger partial charge is 0.507 e. The Kier molecular flexibility index (Phi) is 3.25. The lowest BCUT2D eigenvalue weighted by atomic mass is 10.2. The maximum Gasteiger partial charge on any atom is 0.413 e. The number of anilines is 1. The summed E-state index contributed by atoms with van der Waals surface area (Å²) in [5.74, 6) is 0.379. The third kappa shape index (κ3) is 3.31. The number of pyridine rings is 2. The molecule has 6 nitrogen and oxygen atoms in total. The number of ether oxygens (including phenoxy) is 1. The summed E-state index contributed by atoms with van der Waals surface area (Å²) in [4.78, 5) is 19.7. The number of hydrogen-bond acceptors (Lipinski definition) is 5. The van der Waals surface area contributed by atoms with Crippen LogP contribution in [0.1, 0.15) is 20.8 Å². The van der Waals surface area contributed by atoms with Crippen LogP contribution in [0.3, 0.4) is 0 Å². The Balaban J connectivity index is 2.22. The van der Waals surface area contributed by atoms with E-state index in [1.807, 2.05) is 0 Å². The molecule has 100 valence electrons. The van der Waals surface area contributed by atoms with Gasteiger partial charge in [0, 0.05) is 11.6 Å². The van der Waals surface area contributed by atoms with Crippen LogP contribution in [0.4, 0.5) is 10.6 Å². The van der Waals surface area contributed by atoms with Crippen LogP contribution in [-0.2, 0) is 4.74 Å². The van der Waals surface area contributed by atoms with Crippen molar-refractivity contribution < 1.29 is 14.6 Å². The zero-order valence-corrected chi connectivity index (χ0v) is 11.0. The molecule has 19 heavy (non-hydrogen) atoms. The highest BCUT2D eigenvalue weighted by Gasteiger charge is 2.16. The number of nitrogens with one attached hydrogen (secondary N) is 1. The summed E-state index contributed by atoms with van der Waals surface area (Å²) in [6.45, 7) is 5.32. The third-order valence-electron chi connectivity index (χ3n) is 2.23. The van der Waals surface area contributed by atoms with Crippen molar-refractivity contribution >= 4 is 22.8 Å². The molecule has 0 aromatic carbocycles. The Morgan fingerprint density at radius 2 is 2.11 bits per heavy atom. The van der Waals surface area contributed by atoms with Gasteiger partial charge in [-0.05, 0) is 32.9 Å². The Morgan fingerprint density at radius 1 is 1.37 bits per heavy atom. The number of rotatable bonds is 1. The molecule has 0 aliphatic heterocycles. The average molecular weight is 261 g/mol. The number of hydrogen-bond donors (Lipinski definition) is 2. The second kappa shape index (κ2) is 4.72.